The van der Waals surface area contributed by atoms with Crippen LogP contribution in [0.5, 0.6) is 17.2 Å². The Morgan fingerprint density at radius 2 is 1.69 bits per heavy atom. The van der Waals surface area contributed by atoms with Crippen molar-refractivity contribution in [3.8, 4) is 17.2 Å². The first kappa shape index (κ1) is 21.4. The van der Waals surface area contributed by atoms with E-state index in [-0.39, 0.29) is 28.4 Å². The standard InChI is InChI=1S/C22H15F3O7/c1-29-20(27)11-4-6-13(7-5-11)30-18-17(26)15-9-8-14(31-21(28)12-2-3-12)10-16(15)32-19(18)22(23,24)25/h4-10,12H,2-3H2,1H3. The quantitative estimate of drug-likeness (QED) is 0.412. The van der Waals surface area contributed by atoms with Gasteiger partial charge in [0.1, 0.15) is 17.1 Å². The number of halogens is 3. The average molecular weight is 448 g/mol. The van der Waals surface area contributed by atoms with Crippen molar-refractivity contribution in [2.24, 2.45) is 5.92 Å². The van der Waals surface area contributed by atoms with Gasteiger partial charge >= 0.3 is 18.1 Å². The highest BCUT2D eigenvalue weighted by atomic mass is 19.4. The monoisotopic (exact) mass is 448 g/mol. The predicted octanol–water partition coefficient (Wildman–Crippen LogP) is 4.71. The molecule has 0 saturated heterocycles. The summed E-state index contributed by atoms with van der Waals surface area (Å²) in [4.78, 5) is 36.1. The average Bonchev–Trinajstić information content (AvgIpc) is 3.60. The number of benzene rings is 2. The van der Waals surface area contributed by atoms with Crippen LogP contribution < -0.4 is 14.9 Å². The number of rotatable bonds is 5. The molecule has 1 heterocycles. The summed E-state index contributed by atoms with van der Waals surface area (Å²) in [6, 6.07) is 8.54. The SMILES string of the molecule is COC(=O)c1ccc(Oc2c(C(F)(F)F)oc3cc(OC(=O)C4CC4)ccc3c2=O)cc1. The van der Waals surface area contributed by atoms with Gasteiger partial charge in [0, 0.05) is 6.07 Å². The molecule has 0 spiro atoms. The number of fused-ring (bicyclic) bond motifs is 1. The van der Waals surface area contributed by atoms with Crippen molar-refractivity contribution in [3.05, 3.63) is 64.0 Å². The molecule has 3 aromatic rings. The molecule has 2 aromatic carbocycles. The van der Waals surface area contributed by atoms with E-state index < -0.39 is 40.6 Å². The predicted molar refractivity (Wildman–Crippen MR) is 104 cm³/mol. The topological polar surface area (TPSA) is 92.0 Å². The zero-order valence-corrected chi connectivity index (χ0v) is 16.5. The van der Waals surface area contributed by atoms with Crippen molar-refractivity contribution in [1.29, 1.82) is 0 Å². The summed E-state index contributed by atoms with van der Waals surface area (Å²) in [6.45, 7) is 0. The Morgan fingerprint density at radius 3 is 2.28 bits per heavy atom. The summed E-state index contributed by atoms with van der Waals surface area (Å²) < 4.78 is 60.8. The fourth-order valence-corrected chi connectivity index (χ4v) is 2.91. The number of hydrogen-bond acceptors (Lipinski definition) is 7. The van der Waals surface area contributed by atoms with Crippen LogP contribution in [0.25, 0.3) is 11.0 Å². The number of carbonyl (C=O) groups is 2. The van der Waals surface area contributed by atoms with E-state index >= 15 is 0 Å². The van der Waals surface area contributed by atoms with Crippen LogP contribution >= 0.6 is 0 Å². The molecule has 0 unspecified atom stereocenters. The largest absolute Gasteiger partial charge is 0.465 e. The molecule has 32 heavy (non-hydrogen) atoms. The van der Waals surface area contributed by atoms with E-state index in [4.69, 9.17) is 13.9 Å². The molecule has 0 bridgehead atoms. The molecular weight excluding hydrogens is 433 g/mol. The number of methoxy groups -OCH3 is 1. The summed E-state index contributed by atoms with van der Waals surface area (Å²) >= 11 is 0. The second-order valence-electron chi connectivity index (χ2n) is 7.06. The number of hydrogen-bond donors (Lipinski definition) is 0. The van der Waals surface area contributed by atoms with E-state index in [2.05, 4.69) is 4.74 Å². The Bertz CT molecular complexity index is 1260. The minimum atomic E-state index is -5.05. The third kappa shape index (κ3) is 4.29. The molecule has 0 atom stereocenters. The Morgan fingerprint density at radius 1 is 1.03 bits per heavy atom. The maximum Gasteiger partial charge on any atom is 0.453 e. The maximum absolute atomic E-state index is 13.6. The van der Waals surface area contributed by atoms with Crippen molar-refractivity contribution in [1.82, 2.24) is 0 Å². The fraction of sp³-hybridized carbons (Fsp3) is 0.227. The maximum atomic E-state index is 13.6. The lowest BCUT2D eigenvalue weighted by atomic mass is 10.2. The highest BCUT2D eigenvalue weighted by Crippen LogP contribution is 2.39. The first-order valence-electron chi connectivity index (χ1n) is 9.43. The van der Waals surface area contributed by atoms with Crippen LogP contribution in [0.3, 0.4) is 0 Å². The molecule has 0 amide bonds. The van der Waals surface area contributed by atoms with E-state index in [0.717, 1.165) is 6.07 Å². The van der Waals surface area contributed by atoms with Gasteiger partial charge in [0.2, 0.25) is 11.2 Å². The van der Waals surface area contributed by atoms with Crippen molar-refractivity contribution in [2.75, 3.05) is 7.11 Å². The first-order valence-corrected chi connectivity index (χ1v) is 9.43. The lowest BCUT2D eigenvalue weighted by Gasteiger charge is -2.14. The van der Waals surface area contributed by atoms with E-state index in [1.54, 1.807) is 0 Å². The van der Waals surface area contributed by atoms with E-state index in [1.165, 1.54) is 43.5 Å². The van der Waals surface area contributed by atoms with Crippen LogP contribution in [0, 0.1) is 5.92 Å². The van der Waals surface area contributed by atoms with Gasteiger partial charge in [-0.3, -0.25) is 9.59 Å². The Balaban J connectivity index is 1.74. The molecule has 0 aliphatic heterocycles. The zero-order chi connectivity index (χ0) is 23.0. The van der Waals surface area contributed by atoms with Gasteiger partial charge in [-0.1, -0.05) is 0 Å². The van der Waals surface area contributed by atoms with Crippen LogP contribution in [0.1, 0.15) is 29.0 Å². The zero-order valence-electron chi connectivity index (χ0n) is 16.5. The highest BCUT2D eigenvalue weighted by molar-refractivity contribution is 5.89. The third-order valence-electron chi connectivity index (χ3n) is 4.70. The molecule has 7 nitrogen and oxygen atoms in total. The summed E-state index contributed by atoms with van der Waals surface area (Å²) in [7, 11) is 1.18. The van der Waals surface area contributed by atoms with Crippen molar-refractivity contribution in [3.63, 3.8) is 0 Å². The van der Waals surface area contributed by atoms with Crippen molar-refractivity contribution >= 4 is 22.9 Å². The lowest BCUT2D eigenvalue weighted by molar-refractivity contribution is -0.154. The van der Waals surface area contributed by atoms with Crippen molar-refractivity contribution < 1.29 is 41.4 Å². The van der Waals surface area contributed by atoms with Crippen LogP contribution in [0.4, 0.5) is 13.2 Å². The molecule has 4 rings (SSSR count). The molecule has 1 fully saturated rings. The molecule has 166 valence electrons. The Hall–Kier alpha value is -3.82. The van der Waals surface area contributed by atoms with Crippen molar-refractivity contribution in [2.45, 2.75) is 19.0 Å². The van der Waals surface area contributed by atoms with Gasteiger partial charge in [-0.2, -0.15) is 13.2 Å². The minimum absolute atomic E-state index is 0.0299. The Labute approximate surface area is 178 Å². The van der Waals surface area contributed by atoms with Gasteiger partial charge in [-0.25, -0.2) is 4.79 Å². The smallest absolute Gasteiger partial charge is 0.453 e. The van der Waals surface area contributed by atoms with Crippen LogP contribution in [-0.2, 0) is 15.7 Å². The molecule has 0 radical (unpaired) electrons. The van der Waals surface area contributed by atoms with E-state index in [1.807, 2.05) is 0 Å². The van der Waals surface area contributed by atoms with E-state index in [0.29, 0.717) is 12.8 Å². The van der Waals surface area contributed by atoms with Crippen LogP contribution in [-0.4, -0.2) is 19.0 Å². The van der Waals surface area contributed by atoms with Gasteiger partial charge in [0.05, 0.1) is 24.0 Å². The highest BCUT2D eigenvalue weighted by Gasteiger charge is 2.40. The second-order valence-corrected chi connectivity index (χ2v) is 7.06. The number of carbonyl (C=O) groups excluding carboxylic acids is 2. The molecule has 0 N–H and O–H groups in total. The molecule has 1 aliphatic carbocycles. The molecular formula is C22H15F3O7. The van der Waals surface area contributed by atoms with Gasteiger partial charge in [-0.15, -0.1) is 0 Å². The number of esters is 2. The summed E-state index contributed by atoms with van der Waals surface area (Å²) in [5.41, 5.74) is -1.32. The second kappa shape index (κ2) is 8.03. The van der Waals surface area contributed by atoms with E-state index in [9.17, 15) is 27.6 Å². The van der Waals surface area contributed by atoms with Gasteiger partial charge in [-0.05, 0) is 49.2 Å². The lowest BCUT2D eigenvalue weighted by Crippen LogP contribution is -2.16. The third-order valence-corrected chi connectivity index (χ3v) is 4.70. The van der Waals surface area contributed by atoms with Crippen LogP contribution in [0.2, 0.25) is 0 Å². The number of alkyl halides is 3. The summed E-state index contributed by atoms with van der Waals surface area (Å²) in [5.74, 6) is -4.20. The summed E-state index contributed by atoms with van der Waals surface area (Å²) in [6.07, 6.45) is -3.66. The fourth-order valence-electron chi connectivity index (χ4n) is 2.91. The minimum Gasteiger partial charge on any atom is -0.465 e. The normalized spacial score (nSPS) is 13.6. The first-order chi connectivity index (χ1) is 15.2. The molecule has 1 aromatic heterocycles. The molecule has 1 aliphatic rings. The van der Waals surface area contributed by atoms with Gasteiger partial charge in [0.25, 0.3) is 5.76 Å². The molecule has 10 heteroatoms. The van der Waals surface area contributed by atoms with Gasteiger partial charge in [0.15, 0.2) is 0 Å². The Kier molecular flexibility index (Phi) is 5.37. The van der Waals surface area contributed by atoms with Crippen LogP contribution in [0.15, 0.2) is 51.7 Å². The van der Waals surface area contributed by atoms with Gasteiger partial charge < -0.3 is 18.6 Å². The number of ether oxygens (including phenoxy) is 3. The molecule has 1 saturated carbocycles. The summed E-state index contributed by atoms with van der Waals surface area (Å²) in [5, 5.41) is -0.189.